The minimum absolute atomic E-state index is 0.0372. The Morgan fingerprint density at radius 2 is 2.10 bits per heavy atom. The molecule has 4 nitrogen and oxygen atoms in total. The van der Waals surface area contributed by atoms with Gasteiger partial charge in [0.05, 0.1) is 11.7 Å². The molecule has 0 fully saturated rings. The summed E-state index contributed by atoms with van der Waals surface area (Å²) >= 11 is 0. The number of benzene rings is 1. The lowest BCUT2D eigenvalue weighted by atomic mass is 10.1. The van der Waals surface area contributed by atoms with Gasteiger partial charge >= 0.3 is 0 Å². The molecule has 2 rings (SSSR count). The highest BCUT2D eigenvalue weighted by atomic mass is 19.1. The number of aromatic hydroxyl groups is 1. The van der Waals surface area contributed by atoms with Crippen molar-refractivity contribution in [1.29, 1.82) is 0 Å². The first kappa shape index (κ1) is 14.1. The second-order valence-corrected chi connectivity index (χ2v) is 4.61. The van der Waals surface area contributed by atoms with Crippen molar-refractivity contribution in [1.82, 2.24) is 4.57 Å². The zero-order chi connectivity index (χ0) is 14.7. The number of aromatic nitrogens is 1. The van der Waals surface area contributed by atoms with Crippen LogP contribution in [0.5, 0.6) is 5.75 Å². The van der Waals surface area contributed by atoms with E-state index >= 15 is 0 Å². The van der Waals surface area contributed by atoms with Crippen LogP contribution >= 0.6 is 0 Å². The maximum atomic E-state index is 13.2. The van der Waals surface area contributed by atoms with Crippen LogP contribution in [0.25, 0.3) is 0 Å². The van der Waals surface area contributed by atoms with E-state index < -0.39 is 5.82 Å². The minimum Gasteiger partial charge on any atom is -0.508 e. The molecule has 1 heterocycles. The molecule has 2 N–H and O–H groups in total. The summed E-state index contributed by atoms with van der Waals surface area (Å²) in [6, 6.07) is 6.70. The third kappa shape index (κ3) is 2.99. The van der Waals surface area contributed by atoms with Crippen molar-refractivity contribution in [3.05, 3.63) is 58.3 Å². The number of phenolic OH excluding ortho intramolecular Hbond substituents is 1. The van der Waals surface area contributed by atoms with Gasteiger partial charge in [0, 0.05) is 24.4 Å². The number of hydrogen-bond acceptors (Lipinski definition) is 3. The summed E-state index contributed by atoms with van der Waals surface area (Å²) in [4.78, 5) is 11.5. The fraction of sp³-hybridized carbons (Fsp3) is 0.267. The third-order valence-corrected chi connectivity index (χ3v) is 3.16. The Morgan fingerprint density at radius 3 is 2.80 bits per heavy atom. The number of aryl methyl sites for hydroxylation is 1. The molecule has 0 saturated carbocycles. The van der Waals surface area contributed by atoms with Gasteiger partial charge in [-0.3, -0.25) is 4.79 Å². The van der Waals surface area contributed by atoms with E-state index in [9.17, 15) is 14.3 Å². The zero-order valence-electron chi connectivity index (χ0n) is 11.4. The highest BCUT2D eigenvalue weighted by molar-refractivity contribution is 5.45. The van der Waals surface area contributed by atoms with E-state index in [1.54, 1.807) is 16.8 Å². The van der Waals surface area contributed by atoms with Crippen LogP contribution in [0, 0.1) is 5.82 Å². The number of halogens is 1. The lowest BCUT2D eigenvalue weighted by molar-refractivity contribution is 0.462. The molecule has 2 aromatic rings. The molecule has 5 heteroatoms. The van der Waals surface area contributed by atoms with Crippen molar-refractivity contribution < 1.29 is 9.50 Å². The first-order valence-electron chi connectivity index (χ1n) is 6.46. The highest BCUT2D eigenvalue weighted by Crippen LogP contribution is 2.27. The van der Waals surface area contributed by atoms with E-state index in [0.717, 1.165) is 5.69 Å². The first-order chi connectivity index (χ1) is 9.51. The van der Waals surface area contributed by atoms with Crippen LogP contribution in [0.4, 0.5) is 10.1 Å². The fourth-order valence-corrected chi connectivity index (χ4v) is 2.06. The molecule has 1 aromatic carbocycles. The predicted molar refractivity (Wildman–Crippen MR) is 76.5 cm³/mol. The van der Waals surface area contributed by atoms with Gasteiger partial charge in [-0.25, -0.2) is 4.39 Å². The van der Waals surface area contributed by atoms with E-state index in [2.05, 4.69) is 5.32 Å². The van der Waals surface area contributed by atoms with Gasteiger partial charge in [0.1, 0.15) is 11.6 Å². The second-order valence-electron chi connectivity index (χ2n) is 4.61. The molecule has 106 valence electrons. The smallest absolute Gasteiger partial charge is 0.250 e. The van der Waals surface area contributed by atoms with E-state index in [1.807, 2.05) is 13.8 Å². The maximum Gasteiger partial charge on any atom is 0.250 e. The predicted octanol–water partition coefficient (Wildman–Crippen LogP) is 2.89. The Bertz CT molecular complexity index is 667. The molecule has 0 aliphatic rings. The second kappa shape index (κ2) is 5.77. The summed E-state index contributed by atoms with van der Waals surface area (Å²) in [6.45, 7) is 4.27. The first-order valence-corrected chi connectivity index (χ1v) is 6.46. The van der Waals surface area contributed by atoms with Crippen molar-refractivity contribution >= 4 is 5.69 Å². The van der Waals surface area contributed by atoms with Crippen molar-refractivity contribution in [3.63, 3.8) is 0 Å². The van der Waals surface area contributed by atoms with Gasteiger partial charge in [-0.15, -0.1) is 0 Å². The number of hydrogen-bond donors (Lipinski definition) is 2. The Hall–Kier alpha value is -2.30. The minimum atomic E-state index is -0.398. The summed E-state index contributed by atoms with van der Waals surface area (Å²) in [5.74, 6) is -0.361. The molecular weight excluding hydrogens is 259 g/mol. The Morgan fingerprint density at radius 1 is 1.35 bits per heavy atom. The average Bonchev–Trinajstić information content (AvgIpc) is 2.43. The van der Waals surface area contributed by atoms with E-state index in [0.29, 0.717) is 12.1 Å². The normalized spacial score (nSPS) is 12.2. The summed E-state index contributed by atoms with van der Waals surface area (Å²) in [5.41, 5.74) is 1.14. The third-order valence-electron chi connectivity index (χ3n) is 3.16. The summed E-state index contributed by atoms with van der Waals surface area (Å²) < 4.78 is 14.8. The van der Waals surface area contributed by atoms with Gasteiger partial charge in [-0.2, -0.15) is 0 Å². The molecule has 0 saturated heterocycles. The van der Waals surface area contributed by atoms with Crippen LogP contribution < -0.4 is 10.9 Å². The van der Waals surface area contributed by atoms with Crippen LogP contribution in [0.3, 0.4) is 0 Å². The topological polar surface area (TPSA) is 54.3 Å². The number of nitrogens with zero attached hydrogens (tertiary/aromatic N) is 1. The van der Waals surface area contributed by atoms with Crippen molar-refractivity contribution in [2.24, 2.45) is 0 Å². The molecule has 0 spiro atoms. The van der Waals surface area contributed by atoms with Crippen LogP contribution in [-0.2, 0) is 6.54 Å². The van der Waals surface area contributed by atoms with Crippen molar-refractivity contribution in [2.75, 3.05) is 5.32 Å². The summed E-state index contributed by atoms with van der Waals surface area (Å²) in [5, 5.41) is 12.9. The lowest BCUT2D eigenvalue weighted by Gasteiger charge is -2.17. The van der Waals surface area contributed by atoms with Gasteiger partial charge in [-0.1, -0.05) is 0 Å². The largest absolute Gasteiger partial charge is 0.508 e. The number of phenols is 1. The van der Waals surface area contributed by atoms with Gasteiger partial charge < -0.3 is 15.0 Å². The molecule has 0 amide bonds. The summed E-state index contributed by atoms with van der Waals surface area (Å²) in [7, 11) is 0. The Labute approximate surface area is 116 Å². The Kier molecular flexibility index (Phi) is 4.08. The lowest BCUT2D eigenvalue weighted by Crippen LogP contribution is -2.18. The number of nitrogens with one attached hydrogen (secondary N) is 1. The van der Waals surface area contributed by atoms with E-state index in [-0.39, 0.29) is 17.4 Å². The molecule has 1 unspecified atom stereocenters. The summed E-state index contributed by atoms with van der Waals surface area (Å²) in [6.07, 6.45) is 1.70. The standard InChI is InChI=1S/C15H17FN2O2/c1-3-18-9-12(5-7-15(18)20)17-10(2)13-8-11(16)4-6-14(13)19/h4-10,17,19H,3H2,1-2H3. The number of pyridine rings is 1. The van der Waals surface area contributed by atoms with Gasteiger partial charge in [0.15, 0.2) is 0 Å². The van der Waals surface area contributed by atoms with Gasteiger partial charge in [-0.05, 0) is 38.1 Å². The van der Waals surface area contributed by atoms with Crippen LogP contribution in [0.1, 0.15) is 25.5 Å². The monoisotopic (exact) mass is 276 g/mol. The SMILES string of the molecule is CCn1cc(NC(C)c2cc(F)ccc2O)ccc1=O. The van der Waals surface area contributed by atoms with Crippen LogP contribution in [0.15, 0.2) is 41.3 Å². The van der Waals surface area contributed by atoms with Gasteiger partial charge in [0.25, 0.3) is 5.56 Å². The quantitative estimate of drug-likeness (QED) is 0.902. The molecule has 0 aliphatic carbocycles. The fourth-order valence-electron chi connectivity index (χ4n) is 2.06. The molecule has 1 atom stereocenters. The van der Waals surface area contributed by atoms with Crippen molar-refractivity contribution in [3.8, 4) is 5.75 Å². The molecule has 0 bridgehead atoms. The maximum absolute atomic E-state index is 13.2. The van der Waals surface area contributed by atoms with E-state index in [1.165, 1.54) is 24.3 Å². The molecular formula is C15H17FN2O2. The molecule has 0 radical (unpaired) electrons. The molecule has 0 aliphatic heterocycles. The van der Waals surface area contributed by atoms with Crippen LogP contribution in [-0.4, -0.2) is 9.67 Å². The molecule has 1 aromatic heterocycles. The van der Waals surface area contributed by atoms with E-state index in [4.69, 9.17) is 0 Å². The number of anilines is 1. The molecule has 20 heavy (non-hydrogen) atoms. The number of rotatable bonds is 4. The van der Waals surface area contributed by atoms with Gasteiger partial charge in [0.2, 0.25) is 0 Å². The average molecular weight is 276 g/mol. The highest BCUT2D eigenvalue weighted by Gasteiger charge is 2.11. The van der Waals surface area contributed by atoms with Crippen LogP contribution in [0.2, 0.25) is 0 Å². The zero-order valence-corrected chi connectivity index (χ0v) is 11.4. The van der Waals surface area contributed by atoms with Crippen molar-refractivity contribution in [2.45, 2.75) is 26.4 Å². The Balaban J connectivity index is 2.25.